The highest BCUT2D eigenvalue weighted by Gasteiger charge is 2.10. The van der Waals surface area contributed by atoms with Gasteiger partial charge in [0.25, 0.3) is 0 Å². The fraction of sp³-hybridized carbons (Fsp3) is 0.769. The second-order valence-corrected chi connectivity index (χ2v) is 4.40. The van der Waals surface area contributed by atoms with Crippen LogP contribution in [-0.4, -0.2) is 5.16 Å². The van der Waals surface area contributed by atoms with Crippen molar-refractivity contribution in [2.24, 2.45) is 5.73 Å². The Hall–Kier alpha value is -0.830. The van der Waals surface area contributed by atoms with Gasteiger partial charge < -0.3 is 10.3 Å². The first kappa shape index (κ1) is 13.2. The summed E-state index contributed by atoms with van der Waals surface area (Å²) < 4.78 is 5.22. The van der Waals surface area contributed by atoms with Crippen molar-refractivity contribution in [3.63, 3.8) is 0 Å². The molecule has 1 atom stereocenters. The molecule has 0 saturated heterocycles. The Morgan fingerprint density at radius 1 is 1.25 bits per heavy atom. The molecular formula is C13H24N2O. The number of nitrogens with two attached hydrogens (primary N) is 1. The topological polar surface area (TPSA) is 52.0 Å². The molecule has 0 aliphatic carbocycles. The van der Waals surface area contributed by atoms with Crippen molar-refractivity contribution in [1.82, 2.24) is 5.16 Å². The van der Waals surface area contributed by atoms with Gasteiger partial charge in [-0.05, 0) is 19.3 Å². The Labute approximate surface area is 98.4 Å². The van der Waals surface area contributed by atoms with Crippen LogP contribution in [0.25, 0.3) is 0 Å². The van der Waals surface area contributed by atoms with Crippen molar-refractivity contribution in [3.05, 3.63) is 17.5 Å². The second kappa shape index (κ2) is 7.44. The van der Waals surface area contributed by atoms with Crippen molar-refractivity contribution in [1.29, 1.82) is 0 Å². The molecule has 0 spiro atoms. The molecule has 0 radical (unpaired) electrons. The van der Waals surface area contributed by atoms with Crippen LogP contribution in [0.4, 0.5) is 0 Å². The maximum atomic E-state index is 5.87. The summed E-state index contributed by atoms with van der Waals surface area (Å²) in [6, 6.07) is 2.01. The lowest BCUT2D eigenvalue weighted by Gasteiger charge is -2.00. The van der Waals surface area contributed by atoms with Gasteiger partial charge in [-0.3, -0.25) is 0 Å². The molecule has 16 heavy (non-hydrogen) atoms. The Kier molecular flexibility index (Phi) is 6.16. The quantitative estimate of drug-likeness (QED) is 0.686. The number of aromatic nitrogens is 1. The summed E-state index contributed by atoms with van der Waals surface area (Å²) in [4.78, 5) is 0. The molecule has 0 bridgehead atoms. The number of nitrogens with zero attached hydrogens (tertiary/aromatic N) is 1. The number of unbranched alkanes of at least 4 members (excludes halogenated alkanes) is 4. The standard InChI is InChI=1S/C13H24N2O/c1-3-5-6-7-8-9-11-10-13(16-15-11)12(14)4-2/h10,12H,3-9,14H2,1-2H3. The molecule has 3 nitrogen and oxygen atoms in total. The van der Waals surface area contributed by atoms with Crippen LogP contribution >= 0.6 is 0 Å². The fourth-order valence-corrected chi connectivity index (χ4v) is 1.73. The minimum atomic E-state index is 0.00124. The van der Waals surface area contributed by atoms with E-state index < -0.39 is 0 Å². The molecule has 1 aromatic rings. The highest BCUT2D eigenvalue weighted by Crippen LogP contribution is 2.16. The van der Waals surface area contributed by atoms with Gasteiger partial charge in [0.2, 0.25) is 0 Å². The SMILES string of the molecule is CCCCCCCc1cc(C(N)CC)on1. The molecular weight excluding hydrogens is 200 g/mol. The van der Waals surface area contributed by atoms with Crippen LogP contribution in [0.5, 0.6) is 0 Å². The molecule has 0 fully saturated rings. The minimum Gasteiger partial charge on any atom is -0.359 e. The van der Waals surface area contributed by atoms with E-state index in [4.69, 9.17) is 10.3 Å². The monoisotopic (exact) mass is 224 g/mol. The maximum Gasteiger partial charge on any atom is 0.153 e. The molecule has 0 aromatic carbocycles. The first-order valence-electron chi connectivity index (χ1n) is 6.49. The van der Waals surface area contributed by atoms with Crippen LogP contribution in [-0.2, 0) is 6.42 Å². The zero-order valence-electron chi connectivity index (χ0n) is 10.5. The lowest BCUT2D eigenvalue weighted by Crippen LogP contribution is -2.06. The van der Waals surface area contributed by atoms with Crippen molar-refractivity contribution < 1.29 is 4.52 Å². The van der Waals surface area contributed by atoms with Gasteiger partial charge in [0, 0.05) is 6.07 Å². The minimum absolute atomic E-state index is 0.00124. The van der Waals surface area contributed by atoms with E-state index in [0.717, 1.165) is 24.3 Å². The van der Waals surface area contributed by atoms with Crippen LogP contribution in [0.1, 0.15) is 69.9 Å². The average molecular weight is 224 g/mol. The lowest BCUT2D eigenvalue weighted by molar-refractivity contribution is 0.353. The summed E-state index contributed by atoms with van der Waals surface area (Å²) in [5.74, 6) is 0.825. The number of aryl methyl sites for hydroxylation is 1. The Balaban J connectivity index is 2.24. The summed E-state index contributed by atoms with van der Waals surface area (Å²) in [6.07, 6.45) is 8.36. The third kappa shape index (κ3) is 4.35. The highest BCUT2D eigenvalue weighted by molar-refractivity contribution is 5.08. The van der Waals surface area contributed by atoms with Gasteiger partial charge in [-0.2, -0.15) is 0 Å². The second-order valence-electron chi connectivity index (χ2n) is 4.40. The van der Waals surface area contributed by atoms with Gasteiger partial charge in [-0.15, -0.1) is 0 Å². The molecule has 1 rings (SSSR count). The average Bonchev–Trinajstić information content (AvgIpc) is 2.76. The Morgan fingerprint density at radius 2 is 2.00 bits per heavy atom. The summed E-state index contributed by atoms with van der Waals surface area (Å²) in [7, 11) is 0. The van der Waals surface area contributed by atoms with Crippen molar-refractivity contribution in [2.75, 3.05) is 0 Å². The Bertz CT molecular complexity index is 283. The van der Waals surface area contributed by atoms with E-state index >= 15 is 0 Å². The third-order valence-corrected chi connectivity index (χ3v) is 2.92. The van der Waals surface area contributed by atoms with Gasteiger partial charge >= 0.3 is 0 Å². The fourth-order valence-electron chi connectivity index (χ4n) is 1.73. The van der Waals surface area contributed by atoms with E-state index in [9.17, 15) is 0 Å². The predicted molar refractivity (Wildman–Crippen MR) is 66.2 cm³/mol. The van der Waals surface area contributed by atoms with E-state index in [1.54, 1.807) is 0 Å². The van der Waals surface area contributed by atoms with Crippen LogP contribution in [0, 0.1) is 0 Å². The number of hydrogen-bond acceptors (Lipinski definition) is 3. The lowest BCUT2D eigenvalue weighted by atomic mass is 10.1. The largest absolute Gasteiger partial charge is 0.359 e. The summed E-state index contributed by atoms with van der Waals surface area (Å²) >= 11 is 0. The van der Waals surface area contributed by atoms with E-state index in [-0.39, 0.29) is 6.04 Å². The smallest absolute Gasteiger partial charge is 0.153 e. The zero-order chi connectivity index (χ0) is 11.8. The molecule has 0 amide bonds. The normalized spacial score (nSPS) is 12.9. The summed E-state index contributed by atoms with van der Waals surface area (Å²) in [5.41, 5.74) is 6.92. The van der Waals surface area contributed by atoms with E-state index in [1.165, 1.54) is 32.1 Å². The van der Waals surface area contributed by atoms with Crippen molar-refractivity contribution in [3.8, 4) is 0 Å². The first-order chi connectivity index (χ1) is 7.77. The molecule has 92 valence electrons. The van der Waals surface area contributed by atoms with Crippen molar-refractivity contribution in [2.45, 2.75) is 64.8 Å². The molecule has 3 heteroatoms. The molecule has 0 aliphatic heterocycles. The van der Waals surface area contributed by atoms with Gasteiger partial charge in [0.05, 0.1) is 11.7 Å². The van der Waals surface area contributed by atoms with Crippen LogP contribution in [0.15, 0.2) is 10.6 Å². The molecule has 0 saturated carbocycles. The molecule has 1 heterocycles. The Morgan fingerprint density at radius 3 is 2.69 bits per heavy atom. The zero-order valence-corrected chi connectivity index (χ0v) is 10.5. The molecule has 2 N–H and O–H groups in total. The van der Waals surface area contributed by atoms with Gasteiger partial charge in [0.1, 0.15) is 0 Å². The van der Waals surface area contributed by atoms with Crippen LogP contribution < -0.4 is 5.73 Å². The van der Waals surface area contributed by atoms with E-state index in [2.05, 4.69) is 19.0 Å². The van der Waals surface area contributed by atoms with Crippen molar-refractivity contribution >= 4 is 0 Å². The molecule has 1 aromatic heterocycles. The first-order valence-corrected chi connectivity index (χ1v) is 6.49. The van der Waals surface area contributed by atoms with E-state index in [0.29, 0.717) is 0 Å². The number of rotatable bonds is 8. The summed E-state index contributed by atoms with van der Waals surface area (Å²) in [6.45, 7) is 4.29. The highest BCUT2D eigenvalue weighted by atomic mass is 16.5. The van der Waals surface area contributed by atoms with Gasteiger partial charge in [-0.25, -0.2) is 0 Å². The van der Waals surface area contributed by atoms with Crippen LogP contribution in [0.3, 0.4) is 0 Å². The molecule has 0 aliphatic rings. The number of hydrogen-bond donors (Lipinski definition) is 1. The van der Waals surface area contributed by atoms with E-state index in [1.807, 2.05) is 6.07 Å². The van der Waals surface area contributed by atoms with Gasteiger partial charge in [-0.1, -0.05) is 44.7 Å². The predicted octanol–water partition coefficient (Wildman–Crippen LogP) is 3.60. The molecule has 1 unspecified atom stereocenters. The maximum absolute atomic E-state index is 5.87. The summed E-state index contributed by atoms with van der Waals surface area (Å²) in [5, 5.41) is 4.05. The van der Waals surface area contributed by atoms with Gasteiger partial charge in [0.15, 0.2) is 5.76 Å². The van der Waals surface area contributed by atoms with Crippen LogP contribution in [0.2, 0.25) is 0 Å². The third-order valence-electron chi connectivity index (χ3n) is 2.92.